The van der Waals surface area contributed by atoms with E-state index in [-0.39, 0.29) is 0 Å². The fourth-order valence-electron chi connectivity index (χ4n) is 3.01. The molecule has 0 amide bonds. The van der Waals surface area contributed by atoms with Crippen molar-refractivity contribution in [2.24, 2.45) is 5.41 Å². The molecule has 1 N–H and O–H groups in total. The molecule has 20 heavy (non-hydrogen) atoms. The van der Waals surface area contributed by atoms with Crippen LogP contribution in [0.3, 0.4) is 0 Å². The van der Waals surface area contributed by atoms with Crippen LogP contribution in [0.25, 0.3) is 0 Å². The fraction of sp³-hybridized carbons (Fsp3) is 0.647. The molecule has 0 unspecified atom stereocenters. The molecule has 0 bridgehead atoms. The summed E-state index contributed by atoms with van der Waals surface area (Å²) in [7, 11) is 2.19. The number of benzene rings is 1. The number of likely N-dealkylation sites (N-methyl/N-ethyl adjacent to an activating group) is 1. The first-order valence-electron chi connectivity index (χ1n) is 7.84. The Balaban J connectivity index is 1.69. The largest absolute Gasteiger partial charge is 0.371 e. The van der Waals surface area contributed by atoms with Crippen molar-refractivity contribution < 1.29 is 0 Å². The minimum atomic E-state index is 0.311. The Morgan fingerprint density at radius 1 is 1.15 bits per heavy atom. The highest BCUT2D eigenvalue weighted by Gasteiger charge is 2.29. The first kappa shape index (κ1) is 13.7. The van der Waals surface area contributed by atoms with E-state index in [1.54, 1.807) is 0 Å². The van der Waals surface area contributed by atoms with Gasteiger partial charge in [-0.25, -0.2) is 0 Å². The number of nitrogens with zero attached hydrogens (tertiary/aromatic N) is 2. The molecular weight excluding hydrogens is 246 g/mol. The lowest BCUT2D eigenvalue weighted by atomic mass is 9.91. The minimum Gasteiger partial charge on any atom is -0.371 e. The average Bonchev–Trinajstić information content (AvgIpc) is 3.24. The van der Waals surface area contributed by atoms with Crippen LogP contribution in [-0.4, -0.2) is 39.3 Å². The van der Waals surface area contributed by atoms with E-state index in [2.05, 4.69) is 60.3 Å². The highest BCUT2D eigenvalue weighted by Crippen LogP contribution is 2.34. The second kappa shape index (κ2) is 5.28. The van der Waals surface area contributed by atoms with Gasteiger partial charge in [0, 0.05) is 39.3 Å². The summed E-state index contributed by atoms with van der Waals surface area (Å²) in [5, 5.41) is 3.68. The SMILES string of the molecule is CN1CCN(CC(C)(C)CNC2CC2)c2ccccc21. The van der Waals surface area contributed by atoms with Gasteiger partial charge in [-0.3, -0.25) is 0 Å². The molecule has 1 heterocycles. The second-order valence-electron chi connectivity index (χ2n) is 7.15. The van der Waals surface area contributed by atoms with Crippen molar-refractivity contribution in [1.82, 2.24) is 5.32 Å². The average molecular weight is 273 g/mol. The summed E-state index contributed by atoms with van der Waals surface area (Å²) >= 11 is 0. The zero-order valence-corrected chi connectivity index (χ0v) is 13.0. The lowest BCUT2D eigenvalue weighted by Crippen LogP contribution is -2.46. The molecule has 0 aromatic heterocycles. The minimum absolute atomic E-state index is 0.311. The van der Waals surface area contributed by atoms with Crippen LogP contribution in [0, 0.1) is 5.41 Å². The molecule has 3 heteroatoms. The second-order valence-corrected chi connectivity index (χ2v) is 7.15. The Kier molecular flexibility index (Phi) is 3.63. The summed E-state index contributed by atoms with van der Waals surface area (Å²) < 4.78 is 0. The number of anilines is 2. The van der Waals surface area contributed by atoms with E-state index >= 15 is 0 Å². The Labute approximate surface area is 123 Å². The van der Waals surface area contributed by atoms with Gasteiger partial charge >= 0.3 is 0 Å². The lowest BCUT2D eigenvalue weighted by molar-refractivity contribution is 0.339. The molecule has 2 aliphatic rings. The highest BCUT2D eigenvalue weighted by atomic mass is 15.3. The predicted molar refractivity (Wildman–Crippen MR) is 86.7 cm³/mol. The van der Waals surface area contributed by atoms with Crippen LogP contribution in [0.4, 0.5) is 11.4 Å². The van der Waals surface area contributed by atoms with Gasteiger partial charge < -0.3 is 15.1 Å². The van der Waals surface area contributed by atoms with Gasteiger partial charge in [-0.2, -0.15) is 0 Å². The van der Waals surface area contributed by atoms with Crippen LogP contribution in [0.15, 0.2) is 24.3 Å². The molecule has 3 rings (SSSR count). The van der Waals surface area contributed by atoms with Gasteiger partial charge in [0.15, 0.2) is 0 Å². The summed E-state index contributed by atoms with van der Waals surface area (Å²) in [4.78, 5) is 4.92. The zero-order valence-electron chi connectivity index (χ0n) is 13.0. The van der Waals surface area contributed by atoms with Gasteiger partial charge in [0.25, 0.3) is 0 Å². The third kappa shape index (κ3) is 3.09. The Morgan fingerprint density at radius 2 is 1.85 bits per heavy atom. The summed E-state index contributed by atoms with van der Waals surface area (Å²) in [6.45, 7) is 9.24. The van der Waals surface area contributed by atoms with Crippen molar-refractivity contribution in [3.8, 4) is 0 Å². The van der Waals surface area contributed by atoms with Crippen LogP contribution < -0.4 is 15.1 Å². The van der Waals surface area contributed by atoms with E-state index < -0.39 is 0 Å². The third-order valence-electron chi connectivity index (χ3n) is 4.40. The molecule has 1 aromatic rings. The van der Waals surface area contributed by atoms with Gasteiger partial charge in [-0.05, 0) is 30.4 Å². The standard InChI is InChI=1S/C17H27N3/c1-17(2,12-18-14-8-9-14)13-20-11-10-19(3)15-6-4-5-7-16(15)20/h4-7,14,18H,8-13H2,1-3H3. The van der Waals surface area contributed by atoms with Crippen LogP contribution in [0.5, 0.6) is 0 Å². The summed E-state index contributed by atoms with van der Waals surface area (Å²) in [5.74, 6) is 0. The maximum Gasteiger partial charge on any atom is 0.0604 e. The number of nitrogens with one attached hydrogen (secondary N) is 1. The van der Waals surface area contributed by atoms with E-state index in [1.807, 2.05) is 0 Å². The van der Waals surface area contributed by atoms with Crippen molar-refractivity contribution in [3.63, 3.8) is 0 Å². The maximum atomic E-state index is 3.68. The van der Waals surface area contributed by atoms with Crippen molar-refractivity contribution in [2.75, 3.05) is 43.0 Å². The van der Waals surface area contributed by atoms with Gasteiger partial charge in [0.2, 0.25) is 0 Å². The van der Waals surface area contributed by atoms with Crippen molar-refractivity contribution in [2.45, 2.75) is 32.7 Å². The predicted octanol–water partition coefficient (Wildman–Crippen LogP) is 2.72. The molecule has 0 atom stereocenters. The molecule has 3 nitrogen and oxygen atoms in total. The number of rotatable bonds is 5. The van der Waals surface area contributed by atoms with Crippen molar-refractivity contribution >= 4 is 11.4 Å². The third-order valence-corrected chi connectivity index (χ3v) is 4.40. The molecule has 1 fully saturated rings. The summed E-state index contributed by atoms with van der Waals surface area (Å²) in [6, 6.07) is 9.58. The lowest BCUT2D eigenvalue weighted by Gasteiger charge is -2.41. The molecule has 0 radical (unpaired) electrons. The van der Waals surface area contributed by atoms with E-state index in [0.29, 0.717) is 5.41 Å². The van der Waals surface area contributed by atoms with E-state index in [4.69, 9.17) is 0 Å². The van der Waals surface area contributed by atoms with E-state index in [0.717, 1.165) is 32.2 Å². The molecule has 110 valence electrons. The fourth-order valence-corrected chi connectivity index (χ4v) is 3.01. The van der Waals surface area contributed by atoms with Crippen LogP contribution in [0.2, 0.25) is 0 Å². The van der Waals surface area contributed by atoms with E-state index in [1.165, 1.54) is 24.2 Å². The molecule has 0 spiro atoms. The topological polar surface area (TPSA) is 18.5 Å². The molecule has 1 saturated carbocycles. The zero-order chi connectivity index (χ0) is 14.2. The number of para-hydroxylation sites is 2. The van der Waals surface area contributed by atoms with Gasteiger partial charge in [-0.15, -0.1) is 0 Å². The maximum absolute atomic E-state index is 3.68. The quantitative estimate of drug-likeness (QED) is 0.890. The van der Waals surface area contributed by atoms with Crippen LogP contribution >= 0.6 is 0 Å². The first-order valence-corrected chi connectivity index (χ1v) is 7.84. The Morgan fingerprint density at radius 3 is 2.55 bits per heavy atom. The van der Waals surface area contributed by atoms with Crippen molar-refractivity contribution in [1.29, 1.82) is 0 Å². The van der Waals surface area contributed by atoms with E-state index in [9.17, 15) is 0 Å². The highest BCUT2D eigenvalue weighted by molar-refractivity contribution is 5.73. The Hall–Kier alpha value is -1.22. The monoisotopic (exact) mass is 273 g/mol. The molecule has 0 saturated heterocycles. The number of hydrogen-bond donors (Lipinski definition) is 1. The van der Waals surface area contributed by atoms with Crippen molar-refractivity contribution in [3.05, 3.63) is 24.3 Å². The van der Waals surface area contributed by atoms with Crippen LogP contribution in [0.1, 0.15) is 26.7 Å². The number of hydrogen-bond acceptors (Lipinski definition) is 3. The first-order chi connectivity index (χ1) is 9.55. The summed E-state index contributed by atoms with van der Waals surface area (Å²) in [6.07, 6.45) is 2.74. The number of fused-ring (bicyclic) bond motifs is 1. The smallest absolute Gasteiger partial charge is 0.0604 e. The van der Waals surface area contributed by atoms with Gasteiger partial charge in [-0.1, -0.05) is 26.0 Å². The van der Waals surface area contributed by atoms with Crippen LogP contribution in [-0.2, 0) is 0 Å². The Bertz CT molecular complexity index is 465. The van der Waals surface area contributed by atoms with Gasteiger partial charge in [0.05, 0.1) is 11.4 Å². The summed E-state index contributed by atoms with van der Waals surface area (Å²) in [5.41, 5.74) is 3.07. The normalized spacial score (nSPS) is 19.1. The molecule has 1 aromatic carbocycles. The molecule has 1 aliphatic heterocycles. The molecular formula is C17H27N3. The molecule has 1 aliphatic carbocycles. The van der Waals surface area contributed by atoms with Gasteiger partial charge in [0.1, 0.15) is 0 Å².